The number of aliphatic hydroxyl groups excluding tert-OH is 1. The molecule has 0 bridgehead atoms. The van der Waals surface area contributed by atoms with Crippen molar-refractivity contribution in [2.24, 2.45) is 0 Å². The lowest BCUT2D eigenvalue weighted by molar-refractivity contribution is -0.870. The molecule has 3 atom stereocenters. The minimum absolute atomic E-state index is 0.0522. The number of hydrogen-bond donors (Lipinski definition) is 3. The smallest absolute Gasteiger partial charge is 0.387 e. The van der Waals surface area contributed by atoms with Gasteiger partial charge in [0, 0.05) is 6.42 Å². The quantitative estimate of drug-likeness (QED) is 0.0243. The molecule has 0 radical (unpaired) electrons. The summed E-state index contributed by atoms with van der Waals surface area (Å²) in [6, 6.07) is -0.862. The Labute approximate surface area is 474 Å². The van der Waals surface area contributed by atoms with Gasteiger partial charge in [0.1, 0.15) is 13.2 Å². The summed E-state index contributed by atoms with van der Waals surface area (Å²) in [5.41, 5.74) is 0. The Morgan fingerprint density at radius 3 is 1.14 bits per heavy atom. The van der Waals surface area contributed by atoms with E-state index in [0.717, 1.165) is 122 Å². The van der Waals surface area contributed by atoms with Crippen molar-refractivity contribution in [1.29, 1.82) is 0 Å². The van der Waals surface area contributed by atoms with Crippen LogP contribution < -0.4 is 5.32 Å². The fourth-order valence-electron chi connectivity index (χ4n) is 8.05. The molecule has 9 heteroatoms. The fourth-order valence-corrected chi connectivity index (χ4v) is 8.78. The molecule has 438 valence electrons. The first kappa shape index (κ1) is 73.4. The number of carbonyl (C=O) groups excluding carboxylic acids is 1. The van der Waals surface area contributed by atoms with Crippen LogP contribution in [0.25, 0.3) is 0 Å². The number of allylic oxidation sites excluding steroid dienone is 23. The molecule has 3 N–H and O–H groups in total. The van der Waals surface area contributed by atoms with Gasteiger partial charge in [0.15, 0.2) is 0 Å². The number of nitrogens with one attached hydrogen (secondary N) is 1. The SMILES string of the molecule is CC/C=C\C/C=C\C/C=C\C/C=C\C/C=C\C/C=C\C/C=C\C/C=C\C/C=C\C/C=C\C/C=C\CCCCCCCCCC(=O)NC(COP(=O)(O)OCC[N+](C)(C)C)C(O)/C=C/CCCCCCCCCCCCCC. The Bertz CT molecular complexity index is 1760. The molecule has 0 spiro atoms. The van der Waals surface area contributed by atoms with Gasteiger partial charge in [0.05, 0.1) is 39.9 Å². The Hall–Kier alpha value is -3.62. The summed E-state index contributed by atoms with van der Waals surface area (Å²) in [5, 5.41) is 13.9. The van der Waals surface area contributed by atoms with Crippen molar-refractivity contribution in [2.75, 3.05) is 40.9 Å². The predicted molar refractivity (Wildman–Crippen MR) is 336 cm³/mol. The zero-order valence-corrected chi connectivity index (χ0v) is 50.8. The standard InChI is InChI=1S/C68H115N2O6P/c1-6-8-10-12-14-16-18-20-22-23-24-25-26-27-28-29-30-31-32-33-34-35-36-37-38-39-40-41-42-43-44-45-46-47-48-50-52-54-56-58-60-62-68(72)69-66(65-76-77(73,74)75-64-63-70(3,4)5)67(71)61-59-57-55-53-51-49-21-19-17-15-13-11-9-7-2/h8,10,14,16,20,22,24-25,27-28,30-31,33-34,36-37,39-40,42-43,45-46,59,61,66-67,71H,6-7,9,11-13,15,17-19,21,23,26,29,32,35,38,41,44,47-58,60,62-65H2,1-5H3,(H-,69,72,73,74)/p+1/b10-8-,16-14-,22-20-,25-24-,28-27-,31-30-,34-33-,37-36-,40-39-,43-42-,46-45-,61-59+. The van der Waals surface area contributed by atoms with E-state index in [1.807, 2.05) is 27.2 Å². The average Bonchev–Trinajstić information content (AvgIpc) is 3.39. The predicted octanol–water partition coefficient (Wildman–Crippen LogP) is 19.3. The van der Waals surface area contributed by atoms with Gasteiger partial charge in [-0.2, -0.15) is 0 Å². The average molecular weight is 1090 g/mol. The van der Waals surface area contributed by atoms with E-state index in [9.17, 15) is 19.4 Å². The molecule has 0 aromatic carbocycles. The summed E-state index contributed by atoms with van der Waals surface area (Å²) in [6.07, 6.45) is 88.1. The minimum Gasteiger partial charge on any atom is -0.387 e. The third-order valence-electron chi connectivity index (χ3n) is 12.8. The molecule has 0 aromatic heterocycles. The van der Waals surface area contributed by atoms with Crippen LogP contribution in [0.15, 0.2) is 146 Å². The molecule has 0 saturated heterocycles. The number of nitrogens with zero attached hydrogens (tertiary/aromatic N) is 1. The highest BCUT2D eigenvalue weighted by Gasteiger charge is 2.27. The van der Waals surface area contributed by atoms with Crippen molar-refractivity contribution in [3.63, 3.8) is 0 Å². The molecule has 0 heterocycles. The second kappa shape index (κ2) is 57.1. The Morgan fingerprint density at radius 1 is 0.455 bits per heavy atom. The zero-order chi connectivity index (χ0) is 56.3. The normalized spacial score (nSPS) is 14.8. The van der Waals surface area contributed by atoms with Crippen molar-refractivity contribution in [2.45, 2.75) is 238 Å². The van der Waals surface area contributed by atoms with E-state index < -0.39 is 20.0 Å². The van der Waals surface area contributed by atoms with E-state index in [0.29, 0.717) is 17.4 Å². The van der Waals surface area contributed by atoms with Crippen LogP contribution in [0.1, 0.15) is 226 Å². The molecule has 77 heavy (non-hydrogen) atoms. The fraction of sp³-hybridized carbons (Fsp3) is 0.632. The van der Waals surface area contributed by atoms with E-state index in [4.69, 9.17) is 9.05 Å². The number of phosphoric ester groups is 1. The van der Waals surface area contributed by atoms with Crippen LogP contribution in [0.3, 0.4) is 0 Å². The first-order chi connectivity index (χ1) is 37.5. The van der Waals surface area contributed by atoms with Gasteiger partial charge >= 0.3 is 7.82 Å². The number of hydrogen-bond acceptors (Lipinski definition) is 5. The summed E-state index contributed by atoms with van der Waals surface area (Å²) in [4.78, 5) is 23.3. The number of amides is 1. The van der Waals surface area contributed by atoms with E-state index in [1.54, 1.807) is 6.08 Å². The molecular formula is C68H116N2O6P+. The number of carbonyl (C=O) groups is 1. The maximum Gasteiger partial charge on any atom is 0.472 e. The number of aliphatic hydroxyl groups is 1. The number of quaternary nitrogens is 1. The molecule has 0 fully saturated rings. The van der Waals surface area contributed by atoms with E-state index in [1.165, 1.54) is 83.5 Å². The number of likely N-dealkylation sites (N-methyl/N-ethyl adjacent to an activating group) is 1. The van der Waals surface area contributed by atoms with Crippen LogP contribution in [-0.4, -0.2) is 73.4 Å². The van der Waals surface area contributed by atoms with Gasteiger partial charge in [0.25, 0.3) is 0 Å². The van der Waals surface area contributed by atoms with Gasteiger partial charge in [-0.15, -0.1) is 0 Å². The number of unbranched alkanes of at least 4 members (excludes halogenated alkanes) is 19. The molecule has 0 aliphatic rings. The van der Waals surface area contributed by atoms with Crippen LogP contribution in [0.5, 0.6) is 0 Å². The number of rotatable bonds is 54. The van der Waals surface area contributed by atoms with Crippen LogP contribution in [0.4, 0.5) is 0 Å². The second-order valence-corrected chi connectivity index (χ2v) is 22.8. The summed E-state index contributed by atoms with van der Waals surface area (Å²) in [7, 11) is 1.55. The largest absolute Gasteiger partial charge is 0.472 e. The highest BCUT2D eigenvalue weighted by molar-refractivity contribution is 7.47. The van der Waals surface area contributed by atoms with Crippen LogP contribution >= 0.6 is 7.82 Å². The van der Waals surface area contributed by atoms with Crippen molar-refractivity contribution in [3.05, 3.63) is 146 Å². The van der Waals surface area contributed by atoms with Crippen molar-refractivity contribution < 1.29 is 32.9 Å². The first-order valence-electron chi connectivity index (χ1n) is 30.7. The van der Waals surface area contributed by atoms with E-state index >= 15 is 0 Å². The third-order valence-corrected chi connectivity index (χ3v) is 13.8. The van der Waals surface area contributed by atoms with Crippen molar-refractivity contribution in [3.8, 4) is 0 Å². The monoisotopic (exact) mass is 1090 g/mol. The minimum atomic E-state index is -4.36. The van der Waals surface area contributed by atoms with Crippen LogP contribution in [0, 0.1) is 0 Å². The van der Waals surface area contributed by atoms with Gasteiger partial charge in [-0.05, 0) is 103 Å². The van der Waals surface area contributed by atoms with Gasteiger partial charge in [-0.25, -0.2) is 4.57 Å². The molecule has 0 rings (SSSR count). The van der Waals surface area contributed by atoms with Crippen molar-refractivity contribution in [1.82, 2.24) is 5.32 Å². The summed E-state index contributed by atoms with van der Waals surface area (Å²) < 4.78 is 23.7. The topological polar surface area (TPSA) is 105 Å². The van der Waals surface area contributed by atoms with Crippen molar-refractivity contribution >= 4 is 13.7 Å². The lowest BCUT2D eigenvalue weighted by Crippen LogP contribution is -2.45. The molecule has 0 saturated carbocycles. The molecule has 0 aliphatic heterocycles. The molecule has 3 unspecified atom stereocenters. The molecule has 8 nitrogen and oxygen atoms in total. The Balaban J connectivity index is 4.14. The second-order valence-electron chi connectivity index (χ2n) is 21.3. The molecule has 1 amide bonds. The molecule has 0 aromatic rings. The zero-order valence-electron chi connectivity index (χ0n) is 49.9. The van der Waals surface area contributed by atoms with E-state index in [2.05, 4.69) is 153 Å². The molecule has 0 aliphatic carbocycles. The van der Waals surface area contributed by atoms with Crippen LogP contribution in [0.2, 0.25) is 0 Å². The first-order valence-corrected chi connectivity index (χ1v) is 32.2. The van der Waals surface area contributed by atoms with Gasteiger partial charge in [-0.1, -0.05) is 262 Å². The van der Waals surface area contributed by atoms with Gasteiger partial charge in [0.2, 0.25) is 5.91 Å². The summed E-state index contributed by atoms with van der Waals surface area (Å²) >= 11 is 0. The highest BCUT2D eigenvalue weighted by atomic mass is 31.2. The summed E-state index contributed by atoms with van der Waals surface area (Å²) in [5.74, 6) is -0.194. The number of phosphoric acid groups is 1. The molecular weight excluding hydrogens is 972 g/mol. The Kier molecular flexibility index (Phi) is 54.4. The third kappa shape index (κ3) is 59.9. The maximum atomic E-state index is 13.0. The highest BCUT2D eigenvalue weighted by Crippen LogP contribution is 2.43. The Morgan fingerprint density at radius 2 is 0.779 bits per heavy atom. The van der Waals surface area contributed by atoms with E-state index in [-0.39, 0.29) is 19.1 Å². The van der Waals surface area contributed by atoms with Gasteiger partial charge < -0.3 is 19.8 Å². The summed E-state index contributed by atoms with van der Waals surface area (Å²) in [6.45, 7) is 4.67. The lowest BCUT2D eigenvalue weighted by atomic mass is 10.0. The van der Waals surface area contributed by atoms with Crippen LogP contribution in [-0.2, 0) is 18.4 Å². The van der Waals surface area contributed by atoms with Gasteiger partial charge in [-0.3, -0.25) is 13.8 Å². The lowest BCUT2D eigenvalue weighted by Gasteiger charge is -2.25. The maximum absolute atomic E-state index is 13.0.